The van der Waals surface area contributed by atoms with Gasteiger partial charge in [0, 0.05) is 18.7 Å². The molecule has 0 atom stereocenters. The third-order valence-electron chi connectivity index (χ3n) is 2.94. The maximum Gasteiger partial charge on any atom is 0.270 e. The molecule has 1 N–H and O–H groups in total. The Labute approximate surface area is 123 Å². The second-order valence-electron chi connectivity index (χ2n) is 4.41. The molecule has 21 heavy (non-hydrogen) atoms. The molecule has 0 fully saturated rings. The number of nitrogens with one attached hydrogen (secondary N) is 1. The molecule has 7 heteroatoms. The van der Waals surface area contributed by atoms with Gasteiger partial charge in [-0.25, -0.2) is 9.37 Å². The summed E-state index contributed by atoms with van der Waals surface area (Å²) < 4.78 is 13.6. The highest BCUT2D eigenvalue weighted by molar-refractivity contribution is 7.22. The van der Waals surface area contributed by atoms with Crippen LogP contribution >= 0.6 is 11.3 Å². The molecule has 0 radical (unpaired) electrons. The highest BCUT2D eigenvalue weighted by atomic mass is 32.1. The molecule has 0 aliphatic carbocycles. The lowest BCUT2D eigenvalue weighted by atomic mass is 10.2. The quantitative estimate of drug-likeness (QED) is 0.585. The van der Waals surface area contributed by atoms with Crippen LogP contribution in [0.2, 0.25) is 0 Å². The molecule has 2 aromatic carbocycles. The summed E-state index contributed by atoms with van der Waals surface area (Å²) in [5, 5.41) is 14.5. The fraction of sp³-hybridized carbons (Fsp3) is 0.0714. The Bertz CT molecular complexity index is 802. The summed E-state index contributed by atoms with van der Waals surface area (Å²) in [6.45, 7) is 0.516. The summed E-state index contributed by atoms with van der Waals surface area (Å²) in [6, 6.07) is 10.8. The maximum absolute atomic E-state index is 12.8. The van der Waals surface area contributed by atoms with Gasteiger partial charge in [0.15, 0.2) is 5.13 Å². The number of nitro benzene ring substituents is 1. The molecule has 0 amide bonds. The molecule has 0 unspecified atom stereocenters. The molecule has 1 aromatic heterocycles. The van der Waals surface area contributed by atoms with Crippen LogP contribution in [0.25, 0.3) is 10.2 Å². The summed E-state index contributed by atoms with van der Waals surface area (Å²) >= 11 is 1.35. The van der Waals surface area contributed by atoms with Gasteiger partial charge in [-0.3, -0.25) is 10.1 Å². The predicted octanol–water partition coefficient (Wildman–Crippen LogP) is 3.96. The van der Waals surface area contributed by atoms with Crippen molar-refractivity contribution in [2.45, 2.75) is 6.54 Å². The summed E-state index contributed by atoms with van der Waals surface area (Å²) in [7, 11) is 0. The van der Waals surface area contributed by atoms with Crippen LogP contribution < -0.4 is 5.32 Å². The average Bonchev–Trinajstić information content (AvgIpc) is 2.88. The largest absolute Gasteiger partial charge is 0.357 e. The van der Waals surface area contributed by atoms with Crippen LogP contribution in [-0.2, 0) is 6.54 Å². The number of hydrogen-bond donors (Lipinski definition) is 1. The van der Waals surface area contributed by atoms with E-state index < -0.39 is 4.92 Å². The minimum Gasteiger partial charge on any atom is -0.357 e. The normalized spacial score (nSPS) is 10.7. The van der Waals surface area contributed by atoms with E-state index in [1.807, 2.05) is 0 Å². The zero-order valence-electron chi connectivity index (χ0n) is 10.7. The Kier molecular flexibility index (Phi) is 3.49. The van der Waals surface area contributed by atoms with E-state index >= 15 is 0 Å². The number of non-ortho nitro benzene ring substituents is 1. The van der Waals surface area contributed by atoms with Gasteiger partial charge in [-0.1, -0.05) is 23.5 Å². The van der Waals surface area contributed by atoms with Crippen molar-refractivity contribution in [2.75, 3.05) is 5.32 Å². The van der Waals surface area contributed by atoms with Crippen LogP contribution in [0.1, 0.15) is 5.56 Å². The lowest BCUT2D eigenvalue weighted by molar-refractivity contribution is -0.384. The number of rotatable bonds is 4. The third kappa shape index (κ3) is 2.97. The highest BCUT2D eigenvalue weighted by Crippen LogP contribution is 2.29. The van der Waals surface area contributed by atoms with Gasteiger partial charge in [0.1, 0.15) is 5.82 Å². The Morgan fingerprint density at radius 2 is 2.00 bits per heavy atom. The summed E-state index contributed by atoms with van der Waals surface area (Å²) in [6.07, 6.45) is 0. The number of hydrogen-bond acceptors (Lipinski definition) is 5. The number of nitro groups is 1. The van der Waals surface area contributed by atoms with Crippen LogP contribution in [-0.4, -0.2) is 9.91 Å². The Morgan fingerprint density at radius 3 is 2.71 bits per heavy atom. The molecule has 1 heterocycles. The third-order valence-corrected chi connectivity index (χ3v) is 3.92. The lowest BCUT2D eigenvalue weighted by Crippen LogP contribution is -1.98. The zero-order valence-corrected chi connectivity index (χ0v) is 11.6. The number of nitrogens with zero attached hydrogens (tertiary/aromatic N) is 2. The van der Waals surface area contributed by atoms with Crippen molar-refractivity contribution in [2.24, 2.45) is 0 Å². The molecule has 0 aliphatic heterocycles. The van der Waals surface area contributed by atoms with Gasteiger partial charge in [-0.15, -0.1) is 0 Å². The average molecular weight is 303 g/mol. The van der Waals surface area contributed by atoms with Gasteiger partial charge in [-0.2, -0.15) is 0 Å². The first kappa shape index (κ1) is 13.4. The second-order valence-corrected chi connectivity index (χ2v) is 5.44. The molecule has 0 spiro atoms. The van der Waals surface area contributed by atoms with E-state index in [9.17, 15) is 14.5 Å². The van der Waals surface area contributed by atoms with Crippen LogP contribution in [0.5, 0.6) is 0 Å². The Hall–Kier alpha value is -2.54. The summed E-state index contributed by atoms with van der Waals surface area (Å²) in [4.78, 5) is 14.7. The van der Waals surface area contributed by atoms with Crippen molar-refractivity contribution in [3.8, 4) is 0 Å². The van der Waals surface area contributed by atoms with E-state index in [-0.39, 0.29) is 11.5 Å². The van der Waals surface area contributed by atoms with Gasteiger partial charge < -0.3 is 5.32 Å². The molecular weight excluding hydrogens is 293 g/mol. The van der Waals surface area contributed by atoms with Crippen LogP contribution in [0.4, 0.5) is 15.2 Å². The first-order valence-corrected chi connectivity index (χ1v) is 6.97. The minimum absolute atomic E-state index is 0.0521. The SMILES string of the molecule is O=[N+]([O-])c1ccc2nc(NCc3ccc(F)cc3)sc2c1. The number of fused-ring (bicyclic) bond motifs is 1. The van der Waals surface area contributed by atoms with E-state index in [0.717, 1.165) is 10.3 Å². The van der Waals surface area contributed by atoms with Crippen molar-refractivity contribution < 1.29 is 9.31 Å². The van der Waals surface area contributed by atoms with Crippen LogP contribution in [0, 0.1) is 15.9 Å². The minimum atomic E-state index is -0.426. The first-order chi connectivity index (χ1) is 10.1. The summed E-state index contributed by atoms with van der Waals surface area (Å²) in [5.41, 5.74) is 1.70. The van der Waals surface area contributed by atoms with Crippen molar-refractivity contribution in [3.63, 3.8) is 0 Å². The van der Waals surface area contributed by atoms with E-state index in [0.29, 0.717) is 17.2 Å². The number of anilines is 1. The molecule has 0 bridgehead atoms. The molecule has 0 saturated carbocycles. The zero-order chi connectivity index (χ0) is 14.8. The van der Waals surface area contributed by atoms with E-state index in [1.165, 1.54) is 35.6 Å². The van der Waals surface area contributed by atoms with Crippen molar-refractivity contribution >= 4 is 32.4 Å². The lowest BCUT2D eigenvalue weighted by Gasteiger charge is -2.02. The monoisotopic (exact) mass is 303 g/mol. The smallest absolute Gasteiger partial charge is 0.270 e. The molecule has 0 aliphatic rings. The van der Waals surface area contributed by atoms with Gasteiger partial charge in [0.2, 0.25) is 0 Å². The van der Waals surface area contributed by atoms with Crippen molar-refractivity contribution in [3.05, 3.63) is 64.0 Å². The second kappa shape index (κ2) is 5.45. The number of thiazole rings is 1. The first-order valence-electron chi connectivity index (χ1n) is 6.15. The Morgan fingerprint density at radius 1 is 1.24 bits per heavy atom. The number of halogens is 1. The number of benzene rings is 2. The fourth-order valence-electron chi connectivity index (χ4n) is 1.88. The Balaban J connectivity index is 1.78. The fourth-order valence-corrected chi connectivity index (χ4v) is 2.78. The van der Waals surface area contributed by atoms with Crippen LogP contribution in [0.3, 0.4) is 0 Å². The molecule has 5 nitrogen and oxygen atoms in total. The maximum atomic E-state index is 12.8. The molecule has 3 aromatic rings. The van der Waals surface area contributed by atoms with E-state index in [2.05, 4.69) is 10.3 Å². The number of aromatic nitrogens is 1. The molecule has 0 saturated heterocycles. The molecular formula is C14H10FN3O2S. The van der Waals surface area contributed by atoms with E-state index in [4.69, 9.17) is 0 Å². The highest BCUT2D eigenvalue weighted by Gasteiger charge is 2.10. The van der Waals surface area contributed by atoms with Gasteiger partial charge in [-0.05, 0) is 23.8 Å². The topological polar surface area (TPSA) is 68.1 Å². The predicted molar refractivity (Wildman–Crippen MR) is 80.0 cm³/mol. The molecule has 3 rings (SSSR count). The molecule has 106 valence electrons. The van der Waals surface area contributed by atoms with Crippen molar-refractivity contribution in [1.29, 1.82) is 0 Å². The van der Waals surface area contributed by atoms with E-state index in [1.54, 1.807) is 18.2 Å². The van der Waals surface area contributed by atoms with Gasteiger partial charge in [0.05, 0.1) is 15.1 Å². The summed E-state index contributed by atoms with van der Waals surface area (Å²) in [5.74, 6) is -0.272. The standard InChI is InChI=1S/C14H10FN3O2S/c15-10-3-1-9(2-4-10)8-16-14-17-12-6-5-11(18(19)20)7-13(12)21-14/h1-7H,8H2,(H,16,17). The van der Waals surface area contributed by atoms with Crippen molar-refractivity contribution in [1.82, 2.24) is 4.98 Å². The van der Waals surface area contributed by atoms with Gasteiger partial charge >= 0.3 is 0 Å². The van der Waals surface area contributed by atoms with Crippen LogP contribution in [0.15, 0.2) is 42.5 Å². The van der Waals surface area contributed by atoms with Gasteiger partial charge in [0.25, 0.3) is 5.69 Å².